The van der Waals surface area contributed by atoms with Gasteiger partial charge in [0.2, 0.25) is 15.9 Å². The highest BCUT2D eigenvalue weighted by Gasteiger charge is 2.38. The Labute approximate surface area is 306 Å². The third kappa shape index (κ3) is 9.49. The number of anilines is 1. The van der Waals surface area contributed by atoms with Crippen LogP contribution in [0, 0.1) is 19.8 Å². The topological polar surface area (TPSA) is 140 Å². The number of ether oxygens (including phenoxy) is 2. The van der Waals surface area contributed by atoms with Crippen molar-refractivity contribution in [3.05, 3.63) is 136 Å². The number of nitrogens with one attached hydrogen (secondary N) is 2. The Morgan fingerprint density at radius 3 is 2.33 bits per heavy atom. The molecule has 1 fully saturated rings. The van der Waals surface area contributed by atoms with Gasteiger partial charge >= 0.3 is 0 Å². The van der Waals surface area contributed by atoms with E-state index in [4.69, 9.17) is 9.47 Å². The molecule has 4 aromatic carbocycles. The number of amides is 1. The molecular weight excluding hydrogens is 705 g/mol. The highest BCUT2D eigenvalue weighted by Crippen LogP contribution is 2.43. The molecular formula is C38H40N4O6S3. The Balaban J connectivity index is 1.23. The summed E-state index contributed by atoms with van der Waals surface area (Å²) in [5.41, 5.74) is 4.67. The van der Waals surface area contributed by atoms with E-state index in [9.17, 15) is 18.3 Å². The van der Waals surface area contributed by atoms with Crippen LogP contribution in [0.25, 0.3) is 0 Å². The molecule has 266 valence electrons. The largest absolute Gasteiger partial charge is 0.392 e. The Bertz CT molecular complexity index is 2020. The SMILES string of the molecule is Cc1ccc(S(=O)(=O)N[C@H](Cc2ccccc2)C(=O)Nc2cccc([C@@H]3O[C@H](CSc4nnc(C)s4)[C@H](C)[C@H](c4ccc(CO)cc4)O3)c2)cc1. The zero-order valence-electron chi connectivity index (χ0n) is 28.4. The van der Waals surface area contributed by atoms with Crippen LogP contribution in [-0.2, 0) is 37.3 Å². The summed E-state index contributed by atoms with van der Waals surface area (Å²) in [6, 6.07) is 29.6. The van der Waals surface area contributed by atoms with Gasteiger partial charge in [-0.15, -0.1) is 10.2 Å². The van der Waals surface area contributed by atoms with Crippen molar-refractivity contribution in [1.29, 1.82) is 0 Å². The van der Waals surface area contributed by atoms with Crippen molar-refractivity contribution in [2.24, 2.45) is 5.92 Å². The van der Waals surface area contributed by atoms with Gasteiger partial charge in [0.25, 0.3) is 0 Å². The van der Waals surface area contributed by atoms with Gasteiger partial charge in [0.15, 0.2) is 10.6 Å². The van der Waals surface area contributed by atoms with E-state index in [1.807, 2.05) is 74.5 Å². The summed E-state index contributed by atoms with van der Waals surface area (Å²) >= 11 is 3.13. The predicted molar refractivity (Wildman–Crippen MR) is 199 cm³/mol. The molecule has 0 radical (unpaired) electrons. The molecule has 0 spiro atoms. The lowest BCUT2D eigenvalue weighted by Gasteiger charge is -2.41. The van der Waals surface area contributed by atoms with Gasteiger partial charge in [0, 0.05) is 22.9 Å². The fourth-order valence-corrected chi connectivity index (χ4v) is 9.00. The fourth-order valence-electron chi connectivity index (χ4n) is 5.80. The molecule has 1 amide bonds. The number of benzene rings is 4. The first kappa shape index (κ1) is 36.8. The number of rotatable bonds is 13. The van der Waals surface area contributed by atoms with Crippen molar-refractivity contribution in [2.45, 2.75) is 67.6 Å². The van der Waals surface area contributed by atoms with Crippen molar-refractivity contribution in [3.63, 3.8) is 0 Å². The molecule has 51 heavy (non-hydrogen) atoms. The number of hydrogen-bond acceptors (Lipinski definition) is 10. The molecule has 5 aromatic rings. The number of aromatic nitrogens is 2. The first-order valence-corrected chi connectivity index (χ1v) is 19.8. The summed E-state index contributed by atoms with van der Waals surface area (Å²) in [6.07, 6.45) is -1.15. The van der Waals surface area contributed by atoms with E-state index in [1.165, 1.54) is 23.5 Å². The zero-order valence-corrected chi connectivity index (χ0v) is 30.9. The second-order valence-corrected chi connectivity index (χ2v) is 16.7. The van der Waals surface area contributed by atoms with Crippen LogP contribution in [0.2, 0.25) is 0 Å². The van der Waals surface area contributed by atoms with Crippen LogP contribution in [0.3, 0.4) is 0 Å². The second kappa shape index (κ2) is 16.6. The van der Waals surface area contributed by atoms with E-state index in [0.29, 0.717) is 17.0 Å². The number of sulfonamides is 1. The molecule has 1 aliphatic heterocycles. The molecule has 5 atom stereocenters. The van der Waals surface area contributed by atoms with Gasteiger partial charge in [0.1, 0.15) is 11.0 Å². The third-order valence-corrected chi connectivity index (χ3v) is 12.2. The van der Waals surface area contributed by atoms with Gasteiger partial charge in [-0.1, -0.05) is 114 Å². The van der Waals surface area contributed by atoms with E-state index in [2.05, 4.69) is 27.2 Å². The van der Waals surface area contributed by atoms with Crippen LogP contribution in [0.15, 0.2) is 112 Å². The fraction of sp³-hybridized carbons (Fsp3) is 0.289. The zero-order chi connectivity index (χ0) is 36.0. The maximum atomic E-state index is 13.8. The Hall–Kier alpha value is -3.95. The van der Waals surface area contributed by atoms with Crippen molar-refractivity contribution < 1.29 is 27.8 Å². The van der Waals surface area contributed by atoms with Crippen LogP contribution in [0.4, 0.5) is 5.69 Å². The average Bonchev–Trinajstić information content (AvgIpc) is 3.56. The molecule has 1 aromatic heterocycles. The highest BCUT2D eigenvalue weighted by atomic mass is 32.2. The van der Waals surface area contributed by atoms with Crippen LogP contribution < -0.4 is 10.0 Å². The standard InChI is InChI=1S/C38H40N4O6S3/c1-24-12-18-32(19-13-24)51(45,46)42-33(20-27-8-5-4-6-9-27)36(44)39-31-11-7-10-30(21-31)37-47-34(23-49-38-41-40-26(3)50-38)25(2)35(48-37)29-16-14-28(22-43)15-17-29/h4-19,21,25,33-35,37,42-43H,20,22-23H2,1-3H3,(H,39,44)/t25-,33+,34+,35+,37+/m0/s1. The van der Waals surface area contributed by atoms with Crippen LogP contribution in [0.5, 0.6) is 0 Å². The Kier molecular flexibility index (Phi) is 12.0. The lowest BCUT2D eigenvalue weighted by molar-refractivity contribution is -0.268. The van der Waals surface area contributed by atoms with E-state index in [0.717, 1.165) is 31.6 Å². The van der Waals surface area contributed by atoms with Gasteiger partial charge in [-0.25, -0.2) is 8.42 Å². The summed E-state index contributed by atoms with van der Waals surface area (Å²) in [7, 11) is -4.01. The Morgan fingerprint density at radius 2 is 1.65 bits per heavy atom. The quantitative estimate of drug-likeness (QED) is 0.112. The molecule has 0 saturated carbocycles. The van der Waals surface area contributed by atoms with E-state index in [1.54, 1.807) is 42.1 Å². The summed E-state index contributed by atoms with van der Waals surface area (Å²) < 4.78 is 43.5. The average molecular weight is 745 g/mol. The van der Waals surface area contributed by atoms with Crippen LogP contribution in [-0.4, -0.2) is 47.5 Å². The molecule has 13 heteroatoms. The lowest BCUT2D eigenvalue weighted by Crippen LogP contribution is -2.45. The van der Waals surface area contributed by atoms with Gasteiger partial charge in [-0.2, -0.15) is 4.72 Å². The third-order valence-electron chi connectivity index (χ3n) is 8.66. The van der Waals surface area contributed by atoms with E-state index in [-0.39, 0.29) is 36.0 Å². The summed E-state index contributed by atoms with van der Waals surface area (Å²) in [6.45, 7) is 5.85. The minimum atomic E-state index is -4.01. The lowest BCUT2D eigenvalue weighted by atomic mass is 9.91. The van der Waals surface area contributed by atoms with Crippen molar-refractivity contribution >= 4 is 44.7 Å². The number of aryl methyl sites for hydroxylation is 2. The molecule has 10 nitrogen and oxygen atoms in total. The van der Waals surface area contributed by atoms with Crippen LogP contribution in [0.1, 0.15) is 52.1 Å². The van der Waals surface area contributed by atoms with E-state index < -0.39 is 28.3 Å². The molecule has 0 aliphatic carbocycles. The number of aliphatic hydroxyl groups excluding tert-OH is 1. The smallest absolute Gasteiger partial charge is 0.242 e. The second-order valence-electron chi connectivity index (χ2n) is 12.5. The minimum Gasteiger partial charge on any atom is -0.392 e. The molecule has 0 bridgehead atoms. The number of aliphatic hydroxyl groups is 1. The summed E-state index contributed by atoms with van der Waals surface area (Å²) in [5.74, 6) is 0.0970. The van der Waals surface area contributed by atoms with Crippen molar-refractivity contribution in [2.75, 3.05) is 11.1 Å². The van der Waals surface area contributed by atoms with Crippen molar-refractivity contribution in [3.8, 4) is 0 Å². The van der Waals surface area contributed by atoms with Crippen LogP contribution >= 0.6 is 23.1 Å². The molecule has 6 rings (SSSR count). The number of carbonyl (C=O) groups excluding carboxylic acids is 1. The molecule has 1 saturated heterocycles. The summed E-state index contributed by atoms with van der Waals surface area (Å²) in [5, 5.41) is 21.8. The van der Waals surface area contributed by atoms with Gasteiger partial charge in [-0.3, -0.25) is 4.79 Å². The van der Waals surface area contributed by atoms with E-state index >= 15 is 0 Å². The molecule has 3 N–H and O–H groups in total. The number of carbonyl (C=O) groups is 1. The maximum Gasteiger partial charge on any atom is 0.242 e. The molecule has 2 heterocycles. The Morgan fingerprint density at radius 1 is 0.902 bits per heavy atom. The van der Waals surface area contributed by atoms with Gasteiger partial charge < -0.3 is 19.9 Å². The number of nitrogens with zero attached hydrogens (tertiary/aromatic N) is 2. The summed E-state index contributed by atoms with van der Waals surface area (Å²) in [4.78, 5) is 13.9. The van der Waals surface area contributed by atoms with Gasteiger partial charge in [0.05, 0.1) is 23.7 Å². The first-order chi connectivity index (χ1) is 24.6. The minimum absolute atomic E-state index is 0.0223. The normalized spacial score (nSPS) is 19.8. The van der Waals surface area contributed by atoms with Gasteiger partial charge in [-0.05, 0) is 61.2 Å². The van der Waals surface area contributed by atoms with Crippen molar-refractivity contribution in [1.82, 2.24) is 14.9 Å². The monoisotopic (exact) mass is 744 g/mol. The highest BCUT2D eigenvalue weighted by molar-refractivity contribution is 8.01. The maximum absolute atomic E-state index is 13.8. The predicted octanol–water partition coefficient (Wildman–Crippen LogP) is 6.76. The number of hydrogen-bond donors (Lipinski definition) is 3. The number of thioether (sulfide) groups is 1. The molecule has 1 aliphatic rings. The molecule has 0 unspecified atom stereocenters. The first-order valence-electron chi connectivity index (χ1n) is 16.6.